The molecule has 3 aromatic rings. The molecule has 0 heterocycles. The van der Waals surface area contributed by atoms with Crippen LogP contribution in [0.4, 0.5) is 15.8 Å². The number of amides is 1. The molecule has 0 aliphatic rings. The zero-order valence-electron chi connectivity index (χ0n) is 18.8. The van der Waals surface area contributed by atoms with Crippen molar-refractivity contribution in [3.8, 4) is 17.6 Å². The van der Waals surface area contributed by atoms with Crippen molar-refractivity contribution in [1.29, 1.82) is 5.26 Å². The molecule has 0 atom stereocenters. The zero-order valence-corrected chi connectivity index (χ0v) is 21.1. The summed E-state index contributed by atoms with van der Waals surface area (Å²) < 4.78 is 25.2. The first kappa shape index (κ1) is 26.7. The lowest BCUT2D eigenvalue weighted by Gasteiger charge is -2.15. The van der Waals surface area contributed by atoms with Crippen molar-refractivity contribution in [2.75, 3.05) is 11.9 Å². The summed E-state index contributed by atoms with van der Waals surface area (Å²) in [6.07, 6.45) is 1.34. The SMILES string of the molecule is CCOc1cc(/C=C(\C#N)C(=O)Nc2ccc(Cl)c([N+](=O)[O-])c2)cc(Br)c1OCc1ccc(F)cc1. The topological polar surface area (TPSA) is 114 Å². The molecule has 0 aliphatic heterocycles. The number of anilines is 1. The lowest BCUT2D eigenvalue weighted by Crippen LogP contribution is -2.13. The molecular weight excluding hydrogens is 557 g/mol. The van der Waals surface area contributed by atoms with Gasteiger partial charge in [-0.2, -0.15) is 5.26 Å². The Morgan fingerprint density at radius 1 is 1.22 bits per heavy atom. The molecule has 0 aromatic heterocycles. The predicted octanol–water partition coefficient (Wildman–Crippen LogP) is 6.67. The van der Waals surface area contributed by atoms with Crippen LogP contribution in [0.1, 0.15) is 18.1 Å². The molecular formula is C25H18BrClFN3O5. The fourth-order valence-electron chi connectivity index (χ4n) is 3.05. The monoisotopic (exact) mass is 573 g/mol. The molecule has 0 saturated carbocycles. The molecule has 0 spiro atoms. The number of ether oxygens (including phenoxy) is 2. The smallest absolute Gasteiger partial charge is 0.289 e. The Hall–Kier alpha value is -3.94. The first-order valence-electron chi connectivity index (χ1n) is 10.4. The molecule has 1 amide bonds. The molecule has 1 N–H and O–H groups in total. The van der Waals surface area contributed by atoms with Crippen LogP contribution in [0.25, 0.3) is 6.08 Å². The fraction of sp³-hybridized carbons (Fsp3) is 0.120. The Balaban J connectivity index is 1.85. The van der Waals surface area contributed by atoms with Crippen LogP contribution in [0, 0.1) is 27.3 Å². The largest absolute Gasteiger partial charge is 0.490 e. The summed E-state index contributed by atoms with van der Waals surface area (Å²) >= 11 is 9.23. The van der Waals surface area contributed by atoms with E-state index in [1.54, 1.807) is 31.2 Å². The molecule has 0 radical (unpaired) electrons. The number of benzene rings is 3. The van der Waals surface area contributed by atoms with E-state index >= 15 is 0 Å². The summed E-state index contributed by atoms with van der Waals surface area (Å²) in [7, 11) is 0. The highest BCUT2D eigenvalue weighted by Gasteiger charge is 2.17. The Labute approximate surface area is 219 Å². The number of hydrogen-bond donors (Lipinski definition) is 1. The van der Waals surface area contributed by atoms with E-state index in [-0.39, 0.29) is 34.4 Å². The van der Waals surface area contributed by atoms with Gasteiger partial charge in [-0.15, -0.1) is 0 Å². The number of nitrogens with one attached hydrogen (secondary N) is 1. The van der Waals surface area contributed by atoms with Crippen LogP contribution in [0.15, 0.2) is 64.6 Å². The first-order valence-corrected chi connectivity index (χ1v) is 11.6. The van der Waals surface area contributed by atoms with Gasteiger partial charge in [-0.3, -0.25) is 14.9 Å². The summed E-state index contributed by atoms with van der Waals surface area (Å²) in [6, 6.07) is 14.7. The van der Waals surface area contributed by atoms with Crippen LogP contribution in [0.5, 0.6) is 11.5 Å². The number of rotatable bonds is 9. The van der Waals surface area contributed by atoms with E-state index in [1.165, 1.54) is 30.3 Å². The van der Waals surface area contributed by atoms with Gasteiger partial charge in [-0.1, -0.05) is 23.7 Å². The molecule has 8 nitrogen and oxygen atoms in total. The number of nitrogens with zero attached hydrogens (tertiary/aromatic N) is 2. The maximum absolute atomic E-state index is 13.1. The Bertz CT molecular complexity index is 1370. The predicted molar refractivity (Wildman–Crippen MR) is 136 cm³/mol. The van der Waals surface area contributed by atoms with Crippen molar-refractivity contribution in [3.63, 3.8) is 0 Å². The number of nitro benzene ring substituents is 1. The second-order valence-corrected chi connectivity index (χ2v) is 8.49. The van der Waals surface area contributed by atoms with Gasteiger partial charge in [-0.25, -0.2) is 4.39 Å². The van der Waals surface area contributed by atoms with Crippen LogP contribution < -0.4 is 14.8 Å². The Morgan fingerprint density at radius 2 is 1.94 bits per heavy atom. The quantitative estimate of drug-likeness (QED) is 0.132. The zero-order chi connectivity index (χ0) is 26.2. The van der Waals surface area contributed by atoms with Crippen molar-refractivity contribution >= 4 is 50.9 Å². The molecule has 36 heavy (non-hydrogen) atoms. The normalized spacial score (nSPS) is 10.9. The lowest BCUT2D eigenvalue weighted by atomic mass is 10.1. The second-order valence-electron chi connectivity index (χ2n) is 7.23. The van der Waals surface area contributed by atoms with Crippen LogP contribution >= 0.6 is 27.5 Å². The van der Waals surface area contributed by atoms with Gasteiger partial charge in [-0.05, 0) is 76.5 Å². The van der Waals surface area contributed by atoms with E-state index in [2.05, 4.69) is 21.2 Å². The summed E-state index contributed by atoms with van der Waals surface area (Å²) in [4.78, 5) is 23.1. The van der Waals surface area contributed by atoms with E-state index in [9.17, 15) is 24.6 Å². The lowest BCUT2D eigenvalue weighted by molar-refractivity contribution is -0.384. The molecule has 0 aliphatic carbocycles. The Morgan fingerprint density at radius 3 is 2.58 bits per heavy atom. The third kappa shape index (κ3) is 6.81. The summed E-state index contributed by atoms with van der Waals surface area (Å²) in [6.45, 7) is 2.28. The van der Waals surface area contributed by atoms with Gasteiger partial charge in [0.1, 0.15) is 29.1 Å². The summed E-state index contributed by atoms with van der Waals surface area (Å²) in [5.74, 6) is -0.349. The van der Waals surface area contributed by atoms with Crippen molar-refractivity contribution in [3.05, 3.63) is 96.7 Å². The van der Waals surface area contributed by atoms with Crippen molar-refractivity contribution in [1.82, 2.24) is 0 Å². The minimum Gasteiger partial charge on any atom is -0.490 e. The van der Waals surface area contributed by atoms with Gasteiger partial charge >= 0.3 is 0 Å². The van der Waals surface area contributed by atoms with Crippen molar-refractivity contribution < 1.29 is 23.6 Å². The van der Waals surface area contributed by atoms with Gasteiger partial charge in [0.15, 0.2) is 11.5 Å². The van der Waals surface area contributed by atoms with E-state index in [4.69, 9.17) is 21.1 Å². The minimum atomic E-state index is -0.764. The average Bonchev–Trinajstić information content (AvgIpc) is 2.84. The van der Waals surface area contributed by atoms with Gasteiger partial charge in [0.25, 0.3) is 11.6 Å². The van der Waals surface area contributed by atoms with Crippen LogP contribution in [0.2, 0.25) is 5.02 Å². The van der Waals surface area contributed by atoms with E-state index < -0.39 is 10.8 Å². The number of halogens is 3. The van der Waals surface area contributed by atoms with Gasteiger partial charge in [0.2, 0.25) is 0 Å². The highest BCUT2D eigenvalue weighted by Crippen LogP contribution is 2.38. The maximum Gasteiger partial charge on any atom is 0.289 e. The average molecular weight is 575 g/mol. The minimum absolute atomic E-state index is 0.0795. The van der Waals surface area contributed by atoms with Crippen LogP contribution in [-0.2, 0) is 11.4 Å². The molecule has 0 bridgehead atoms. The van der Waals surface area contributed by atoms with Crippen molar-refractivity contribution in [2.24, 2.45) is 0 Å². The number of nitro groups is 1. The molecule has 184 valence electrons. The third-order valence-corrected chi connectivity index (χ3v) is 5.61. The summed E-state index contributed by atoms with van der Waals surface area (Å²) in [5.41, 5.74) is 0.701. The third-order valence-electron chi connectivity index (χ3n) is 4.70. The highest BCUT2D eigenvalue weighted by molar-refractivity contribution is 9.10. The highest BCUT2D eigenvalue weighted by atomic mass is 79.9. The van der Waals surface area contributed by atoms with Crippen molar-refractivity contribution in [2.45, 2.75) is 13.5 Å². The molecule has 11 heteroatoms. The van der Waals surface area contributed by atoms with Gasteiger partial charge < -0.3 is 14.8 Å². The molecule has 3 rings (SSSR count). The number of carbonyl (C=O) groups excluding carboxylic acids is 1. The first-order chi connectivity index (χ1) is 17.2. The number of nitriles is 1. The number of hydrogen-bond acceptors (Lipinski definition) is 6. The Kier molecular flexibility index (Phi) is 9.00. The van der Waals surface area contributed by atoms with Gasteiger partial charge in [0.05, 0.1) is 16.0 Å². The maximum atomic E-state index is 13.1. The van der Waals surface area contributed by atoms with Gasteiger partial charge in [0, 0.05) is 11.8 Å². The molecule has 0 saturated heterocycles. The number of carbonyl (C=O) groups is 1. The van der Waals surface area contributed by atoms with E-state index in [0.717, 1.165) is 11.6 Å². The second kappa shape index (κ2) is 12.2. The van der Waals surface area contributed by atoms with Crippen LogP contribution in [0.3, 0.4) is 0 Å². The molecule has 3 aromatic carbocycles. The van der Waals surface area contributed by atoms with E-state index in [0.29, 0.717) is 28.1 Å². The summed E-state index contributed by atoms with van der Waals surface area (Å²) in [5, 5.41) is 23.0. The fourth-order valence-corrected chi connectivity index (χ4v) is 3.82. The standard InChI is InChI=1S/C25H18BrClFN3O5/c1-2-35-23-11-16(10-20(26)24(23)36-14-15-3-5-18(28)6-4-15)9-17(13-29)25(32)30-19-7-8-21(27)22(12-19)31(33)34/h3-12H,2,14H2,1H3,(H,30,32)/b17-9+. The van der Waals surface area contributed by atoms with E-state index in [1.807, 2.05) is 6.07 Å². The van der Waals surface area contributed by atoms with Crippen LogP contribution in [-0.4, -0.2) is 17.4 Å². The molecule has 0 unspecified atom stereocenters. The molecule has 0 fully saturated rings.